The van der Waals surface area contributed by atoms with Gasteiger partial charge in [0.05, 0.1) is 13.2 Å². The van der Waals surface area contributed by atoms with Crippen molar-refractivity contribution < 1.29 is 9.84 Å². The summed E-state index contributed by atoms with van der Waals surface area (Å²) in [6, 6.07) is 5.88. The summed E-state index contributed by atoms with van der Waals surface area (Å²) < 4.78 is 5.41. The number of nitrogens with zero attached hydrogens (tertiary/aromatic N) is 2. The van der Waals surface area contributed by atoms with Crippen LogP contribution in [0.1, 0.15) is 30.6 Å². The smallest absolute Gasteiger partial charge is 0.123 e. The predicted octanol–water partition coefficient (Wildman–Crippen LogP) is 2.13. The molecule has 114 valence electrons. The van der Waals surface area contributed by atoms with E-state index >= 15 is 0 Å². The molecule has 0 fully saturated rings. The molecule has 4 nitrogen and oxygen atoms in total. The normalized spacial score (nSPS) is 13.0. The monoisotopic (exact) mass is 280 g/mol. The standard InChI is InChI=1S/C16H28N2O2/c1-13(19)14-7-8-16(20-5)15(11-14)12-18(4)10-6-9-17(2)3/h7-8,11,13,19H,6,9-10,12H2,1-5H3. The first-order chi connectivity index (χ1) is 9.43. The Kier molecular flexibility index (Phi) is 6.99. The molecular weight excluding hydrogens is 252 g/mol. The summed E-state index contributed by atoms with van der Waals surface area (Å²) in [7, 11) is 7.99. The first kappa shape index (κ1) is 17.0. The van der Waals surface area contributed by atoms with Crippen LogP contribution < -0.4 is 4.74 Å². The van der Waals surface area contributed by atoms with Gasteiger partial charge in [-0.3, -0.25) is 0 Å². The molecular formula is C16H28N2O2. The highest BCUT2D eigenvalue weighted by Gasteiger charge is 2.10. The zero-order valence-corrected chi connectivity index (χ0v) is 13.4. The second kappa shape index (κ2) is 8.25. The van der Waals surface area contributed by atoms with Crippen LogP contribution in [0.3, 0.4) is 0 Å². The van der Waals surface area contributed by atoms with E-state index < -0.39 is 6.10 Å². The maximum Gasteiger partial charge on any atom is 0.123 e. The summed E-state index contributed by atoms with van der Waals surface area (Å²) in [5.74, 6) is 0.883. The van der Waals surface area contributed by atoms with E-state index in [2.05, 4.69) is 30.9 Å². The number of aliphatic hydroxyl groups is 1. The van der Waals surface area contributed by atoms with Gasteiger partial charge in [-0.15, -0.1) is 0 Å². The third-order valence-corrected chi connectivity index (χ3v) is 3.37. The quantitative estimate of drug-likeness (QED) is 0.791. The fourth-order valence-electron chi connectivity index (χ4n) is 2.21. The molecule has 1 N–H and O–H groups in total. The molecule has 0 saturated carbocycles. The van der Waals surface area contributed by atoms with Crippen LogP contribution in [-0.4, -0.2) is 56.2 Å². The van der Waals surface area contributed by atoms with E-state index in [4.69, 9.17) is 4.74 Å². The Balaban J connectivity index is 2.66. The Morgan fingerprint density at radius 3 is 2.45 bits per heavy atom. The predicted molar refractivity (Wildman–Crippen MR) is 83.1 cm³/mol. The molecule has 0 amide bonds. The molecule has 1 aromatic rings. The van der Waals surface area contributed by atoms with Gasteiger partial charge >= 0.3 is 0 Å². The molecule has 0 radical (unpaired) electrons. The van der Waals surface area contributed by atoms with Gasteiger partial charge in [0.15, 0.2) is 0 Å². The van der Waals surface area contributed by atoms with Gasteiger partial charge in [-0.1, -0.05) is 6.07 Å². The van der Waals surface area contributed by atoms with Gasteiger partial charge in [-0.05, 0) is 65.3 Å². The van der Waals surface area contributed by atoms with Crippen LogP contribution in [0.4, 0.5) is 0 Å². The second-order valence-electron chi connectivity index (χ2n) is 5.64. The molecule has 0 aliphatic rings. The van der Waals surface area contributed by atoms with Crippen molar-refractivity contribution in [1.29, 1.82) is 0 Å². The number of hydrogen-bond donors (Lipinski definition) is 1. The zero-order valence-electron chi connectivity index (χ0n) is 13.4. The SMILES string of the molecule is COc1ccc(C(C)O)cc1CN(C)CCCN(C)C. The van der Waals surface area contributed by atoms with Crippen molar-refractivity contribution in [3.8, 4) is 5.75 Å². The van der Waals surface area contributed by atoms with Crippen LogP contribution in [0.25, 0.3) is 0 Å². The molecule has 4 heteroatoms. The summed E-state index contributed by atoms with van der Waals surface area (Å²) in [5, 5.41) is 9.69. The number of rotatable bonds is 8. The zero-order chi connectivity index (χ0) is 15.1. The first-order valence-electron chi connectivity index (χ1n) is 7.12. The van der Waals surface area contributed by atoms with Crippen LogP contribution in [0.15, 0.2) is 18.2 Å². The highest BCUT2D eigenvalue weighted by molar-refractivity contribution is 5.38. The van der Waals surface area contributed by atoms with Crippen molar-refractivity contribution in [1.82, 2.24) is 9.80 Å². The van der Waals surface area contributed by atoms with Crippen molar-refractivity contribution in [3.05, 3.63) is 29.3 Å². The van der Waals surface area contributed by atoms with E-state index in [1.807, 2.05) is 18.2 Å². The second-order valence-corrected chi connectivity index (χ2v) is 5.64. The summed E-state index contributed by atoms with van der Waals surface area (Å²) in [6.45, 7) is 4.75. The average Bonchev–Trinajstić information content (AvgIpc) is 2.38. The van der Waals surface area contributed by atoms with Crippen LogP contribution in [0.2, 0.25) is 0 Å². The minimum Gasteiger partial charge on any atom is -0.496 e. The van der Waals surface area contributed by atoms with Gasteiger partial charge in [0, 0.05) is 12.1 Å². The van der Waals surface area contributed by atoms with Crippen LogP contribution >= 0.6 is 0 Å². The van der Waals surface area contributed by atoms with Crippen LogP contribution in [-0.2, 0) is 6.54 Å². The number of aliphatic hydroxyl groups excluding tert-OH is 1. The molecule has 1 rings (SSSR count). The van der Waals surface area contributed by atoms with Crippen molar-refractivity contribution in [2.24, 2.45) is 0 Å². The fourth-order valence-corrected chi connectivity index (χ4v) is 2.21. The van der Waals surface area contributed by atoms with Crippen molar-refractivity contribution in [3.63, 3.8) is 0 Å². The van der Waals surface area contributed by atoms with E-state index in [9.17, 15) is 5.11 Å². The molecule has 0 bridgehead atoms. The molecule has 1 unspecified atom stereocenters. The lowest BCUT2D eigenvalue weighted by molar-refractivity contribution is 0.199. The lowest BCUT2D eigenvalue weighted by Crippen LogP contribution is -2.23. The molecule has 0 saturated heterocycles. The lowest BCUT2D eigenvalue weighted by Gasteiger charge is -2.20. The topological polar surface area (TPSA) is 35.9 Å². The van der Waals surface area contributed by atoms with Gasteiger partial charge in [0.25, 0.3) is 0 Å². The molecule has 0 heterocycles. The van der Waals surface area contributed by atoms with Crippen LogP contribution in [0, 0.1) is 0 Å². The fraction of sp³-hybridized carbons (Fsp3) is 0.625. The molecule has 1 atom stereocenters. The summed E-state index contributed by atoms with van der Waals surface area (Å²) >= 11 is 0. The summed E-state index contributed by atoms with van der Waals surface area (Å²) in [5.41, 5.74) is 2.06. The van der Waals surface area contributed by atoms with Gasteiger partial charge in [0.1, 0.15) is 5.75 Å². The molecule has 1 aromatic carbocycles. The molecule has 20 heavy (non-hydrogen) atoms. The summed E-state index contributed by atoms with van der Waals surface area (Å²) in [4.78, 5) is 4.48. The Morgan fingerprint density at radius 1 is 1.20 bits per heavy atom. The highest BCUT2D eigenvalue weighted by atomic mass is 16.5. The number of hydrogen-bond acceptors (Lipinski definition) is 4. The maximum atomic E-state index is 9.69. The minimum absolute atomic E-state index is 0.446. The molecule has 0 aromatic heterocycles. The van der Waals surface area contributed by atoms with Gasteiger partial charge in [0.2, 0.25) is 0 Å². The van der Waals surface area contributed by atoms with E-state index in [0.717, 1.165) is 42.9 Å². The Morgan fingerprint density at radius 2 is 1.90 bits per heavy atom. The Labute approximate surface area is 123 Å². The van der Waals surface area contributed by atoms with Gasteiger partial charge in [-0.2, -0.15) is 0 Å². The van der Waals surface area contributed by atoms with Crippen LogP contribution in [0.5, 0.6) is 5.75 Å². The van der Waals surface area contributed by atoms with Gasteiger partial charge in [-0.25, -0.2) is 0 Å². The van der Waals surface area contributed by atoms with E-state index in [1.165, 1.54) is 0 Å². The Hall–Kier alpha value is -1.10. The number of benzene rings is 1. The third kappa shape index (κ3) is 5.49. The number of methoxy groups -OCH3 is 1. The maximum absolute atomic E-state index is 9.69. The van der Waals surface area contributed by atoms with E-state index in [-0.39, 0.29) is 0 Å². The third-order valence-electron chi connectivity index (χ3n) is 3.37. The number of ether oxygens (including phenoxy) is 1. The summed E-state index contributed by atoms with van der Waals surface area (Å²) in [6.07, 6.45) is 0.695. The molecule has 0 aliphatic carbocycles. The van der Waals surface area contributed by atoms with Crippen molar-refractivity contribution in [2.75, 3.05) is 41.3 Å². The van der Waals surface area contributed by atoms with E-state index in [0.29, 0.717) is 0 Å². The highest BCUT2D eigenvalue weighted by Crippen LogP contribution is 2.24. The van der Waals surface area contributed by atoms with E-state index in [1.54, 1.807) is 14.0 Å². The lowest BCUT2D eigenvalue weighted by atomic mass is 10.1. The first-order valence-corrected chi connectivity index (χ1v) is 7.12. The Bertz CT molecular complexity index is 405. The molecule has 0 spiro atoms. The van der Waals surface area contributed by atoms with Gasteiger partial charge < -0.3 is 19.6 Å². The van der Waals surface area contributed by atoms with Crippen molar-refractivity contribution in [2.45, 2.75) is 26.0 Å². The van der Waals surface area contributed by atoms with Crippen molar-refractivity contribution >= 4 is 0 Å². The minimum atomic E-state index is -0.446. The largest absolute Gasteiger partial charge is 0.496 e. The molecule has 0 aliphatic heterocycles. The average molecular weight is 280 g/mol.